The van der Waals surface area contributed by atoms with E-state index in [4.69, 9.17) is 44.5 Å². The van der Waals surface area contributed by atoms with Crippen LogP contribution in [0.15, 0.2) is 30.3 Å². The van der Waals surface area contributed by atoms with Gasteiger partial charge in [-0.05, 0) is 36.8 Å². The molecule has 1 amide bonds. The maximum atomic E-state index is 13.5. The molecule has 166 valence electrons. The topological polar surface area (TPSA) is 45.7 Å². The van der Waals surface area contributed by atoms with Crippen molar-refractivity contribution in [2.45, 2.75) is 6.92 Å². The van der Waals surface area contributed by atoms with Gasteiger partial charge in [0.1, 0.15) is 0 Å². The Balaban J connectivity index is 0.00000272. The molecule has 0 radical (unpaired) electrons. The lowest BCUT2D eigenvalue weighted by Gasteiger charge is -2.29. The van der Waals surface area contributed by atoms with Gasteiger partial charge in [-0.1, -0.05) is 52.2 Å². The van der Waals surface area contributed by atoms with E-state index in [0.717, 1.165) is 28.9 Å². The Morgan fingerprint density at radius 1 is 1.16 bits per heavy atom. The number of nitrogens with zero attached hydrogens (tertiary/aromatic N) is 3. The Labute approximate surface area is 206 Å². The number of ether oxygens (including phenoxy) is 1. The summed E-state index contributed by atoms with van der Waals surface area (Å²) >= 11 is 20.1. The smallest absolute Gasteiger partial charge is 0.260 e. The standard InChI is InChI=1S/C21H20Cl3N3O2S.ClH/c1-13-2-3-17(24)19-18(13)25-21(30-19)27(5-4-26-6-8-29-9-7-26)20(28)14-10-15(22)12-16(23)11-14;/h2-3,10-12H,4-9H2,1H3;1H. The molecule has 1 aromatic heterocycles. The average Bonchev–Trinajstić information content (AvgIpc) is 3.17. The fourth-order valence-electron chi connectivity index (χ4n) is 3.39. The molecule has 0 unspecified atom stereocenters. The van der Waals surface area contributed by atoms with E-state index in [1.165, 1.54) is 11.3 Å². The summed E-state index contributed by atoms with van der Waals surface area (Å²) in [4.78, 5) is 22.2. The molecule has 31 heavy (non-hydrogen) atoms. The molecule has 2 aromatic carbocycles. The second-order valence-corrected chi connectivity index (χ2v) is 9.36. The molecule has 0 spiro atoms. The van der Waals surface area contributed by atoms with Crippen molar-refractivity contribution in [3.8, 4) is 0 Å². The van der Waals surface area contributed by atoms with Gasteiger partial charge in [0, 0.05) is 41.8 Å². The summed E-state index contributed by atoms with van der Waals surface area (Å²) in [5.74, 6) is -0.194. The van der Waals surface area contributed by atoms with E-state index in [0.29, 0.717) is 52.1 Å². The van der Waals surface area contributed by atoms with E-state index in [2.05, 4.69) is 4.90 Å². The number of hydrogen-bond donors (Lipinski definition) is 0. The summed E-state index contributed by atoms with van der Waals surface area (Å²) < 4.78 is 6.30. The van der Waals surface area contributed by atoms with Crippen molar-refractivity contribution in [1.29, 1.82) is 0 Å². The van der Waals surface area contributed by atoms with Crippen molar-refractivity contribution in [3.05, 3.63) is 56.5 Å². The van der Waals surface area contributed by atoms with Gasteiger partial charge in [-0.25, -0.2) is 4.98 Å². The van der Waals surface area contributed by atoms with Crippen molar-refractivity contribution in [2.75, 3.05) is 44.3 Å². The minimum Gasteiger partial charge on any atom is -0.379 e. The van der Waals surface area contributed by atoms with Crippen LogP contribution < -0.4 is 4.90 Å². The lowest BCUT2D eigenvalue weighted by Crippen LogP contribution is -2.43. The third-order valence-corrected chi connectivity index (χ3v) is 6.99. The molecule has 0 atom stereocenters. The van der Waals surface area contributed by atoms with Gasteiger partial charge >= 0.3 is 0 Å². The van der Waals surface area contributed by atoms with E-state index >= 15 is 0 Å². The van der Waals surface area contributed by atoms with Crippen molar-refractivity contribution >= 4 is 79.8 Å². The lowest BCUT2D eigenvalue weighted by atomic mass is 10.2. The number of aryl methyl sites for hydroxylation is 1. The van der Waals surface area contributed by atoms with Gasteiger partial charge in [-0.3, -0.25) is 14.6 Å². The molecular weight excluding hydrogens is 500 g/mol. The molecule has 5 nitrogen and oxygen atoms in total. The highest BCUT2D eigenvalue weighted by Crippen LogP contribution is 2.36. The van der Waals surface area contributed by atoms with Crippen LogP contribution in [0.1, 0.15) is 15.9 Å². The first-order valence-electron chi connectivity index (χ1n) is 9.56. The number of carbonyl (C=O) groups excluding carboxylic acids is 1. The summed E-state index contributed by atoms with van der Waals surface area (Å²) in [6, 6.07) is 8.66. The molecule has 0 aliphatic carbocycles. The normalized spacial score (nSPS) is 14.5. The molecule has 1 aliphatic rings. The van der Waals surface area contributed by atoms with Crippen LogP contribution in [0.4, 0.5) is 5.13 Å². The number of benzene rings is 2. The molecule has 0 saturated carbocycles. The number of aromatic nitrogens is 1. The zero-order chi connectivity index (χ0) is 21.3. The highest BCUT2D eigenvalue weighted by Gasteiger charge is 2.24. The van der Waals surface area contributed by atoms with Crippen LogP contribution >= 0.6 is 58.5 Å². The maximum absolute atomic E-state index is 13.5. The Morgan fingerprint density at radius 2 is 1.84 bits per heavy atom. The Bertz CT molecular complexity index is 1030. The first kappa shape index (κ1) is 24.5. The molecule has 0 N–H and O–H groups in total. The number of fused-ring (bicyclic) bond motifs is 1. The number of halogens is 4. The Hall–Kier alpha value is -1.12. The van der Waals surface area contributed by atoms with E-state index in [9.17, 15) is 4.79 Å². The number of morpholine rings is 1. The minimum absolute atomic E-state index is 0. The van der Waals surface area contributed by atoms with E-state index < -0.39 is 0 Å². The number of carbonyl (C=O) groups is 1. The second kappa shape index (κ2) is 10.7. The van der Waals surface area contributed by atoms with Gasteiger partial charge in [0.05, 0.1) is 28.5 Å². The van der Waals surface area contributed by atoms with Crippen molar-refractivity contribution in [2.24, 2.45) is 0 Å². The fraction of sp³-hybridized carbons (Fsp3) is 0.333. The summed E-state index contributed by atoms with van der Waals surface area (Å²) in [5, 5.41) is 2.07. The average molecular weight is 521 g/mol. The van der Waals surface area contributed by atoms with Crippen LogP contribution in [0.2, 0.25) is 15.1 Å². The minimum atomic E-state index is -0.194. The molecule has 2 heterocycles. The third kappa shape index (κ3) is 5.63. The number of anilines is 1. The van der Waals surface area contributed by atoms with Gasteiger partial charge in [-0.2, -0.15) is 0 Å². The van der Waals surface area contributed by atoms with Crippen molar-refractivity contribution < 1.29 is 9.53 Å². The fourth-order valence-corrected chi connectivity index (χ4v) is 5.26. The number of thiazole rings is 1. The van der Waals surface area contributed by atoms with Gasteiger partial charge in [0.15, 0.2) is 5.13 Å². The van der Waals surface area contributed by atoms with E-state index in [1.54, 1.807) is 23.1 Å². The van der Waals surface area contributed by atoms with Crippen molar-refractivity contribution in [1.82, 2.24) is 9.88 Å². The predicted molar refractivity (Wildman–Crippen MR) is 132 cm³/mol. The van der Waals surface area contributed by atoms with Gasteiger partial charge < -0.3 is 4.74 Å². The number of hydrogen-bond acceptors (Lipinski definition) is 5. The van der Waals surface area contributed by atoms with Gasteiger partial charge in [0.25, 0.3) is 5.91 Å². The van der Waals surface area contributed by atoms with Gasteiger partial charge in [0.2, 0.25) is 0 Å². The highest BCUT2D eigenvalue weighted by molar-refractivity contribution is 7.23. The molecule has 1 saturated heterocycles. The van der Waals surface area contributed by atoms with Crippen LogP contribution in [0.3, 0.4) is 0 Å². The molecule has 0 bridgehead atoms. The molecule has 3 aromatic rings. The first-order valence-corrected chi connectivity index (χ1v) is 11.5. The first-order chi connectivity index (χ1) is 14.4. The number of rotatable bonds is 5. The molecule has 10 heteroatoms. The number of amides is 1. The van der Waals surface area contributed by atoms with Gasteiger partial charge in [-0.15, -0.1) is 12.4 Å². The highest BCUT2D eigenvalue weighted by atomic mass is 35.5. The largest absolute Gasteiger partial charge is 0.379 e. The second-order valence-electron chi connectivity index (χ2n) is 7.11. The molecule has 1 fully saturated rings. The Kier molecular flexibility index (Phi) is 8.44. The van der Waals surface area contributed by atoms with E-state index in [1.807, 2.05) is 19.1 Å². The zero-order valence-electron chi connectivity index (χ0n) is 16.7. The van der Waals surface area contributed by atoms with Crippen LogP contribution in [-0.4, -0.2) is 55.2 Å². The molecular formula is C21H21Cl4N3O2S. The zero-order valence-corrected chi connectivity index (χ0v) is 20.6. The summed E-state index contributed by atoms with van der Waals surface area (Å²) in [7, 11) is 0. The summed E-state index contributed by atoms with van der Waals surface area (Å²) in [6.07, 6.45) is 0. The quantitative estimate of drug-likeness (QED) is 0.416. The van der Waals surface area contributed by atoms with Crippen LogP contribution in [0, 0.1) is 6.92 Å². The SMILES string of the molecule is Cc1ccc(Cl)c2sc(N(CCN3CCOCC3)C(=O)c3cc(Cl)cc(Cl)c3)nc12.Cl. The molecule has 4 rings (SSSR count). The van der Waals surface area contributed by atoms with E-state index in [-0.39, 0.29) is 18.3 Å². The van der Waals surface area contributed by atoms with Crippen LogP contribution in [0.25, 0.3) is 10.2 Å². The maximum Gasteiger partial charge on any atom is 0.260 e. The van der Waals surface area contributed by atoms with Crippen molar-refractivity contribution in [3.63, 3.8) is 0 Å². The predicted octanol–water partition coefficient (Wildman–Crippen LogP) is 5.97. The Morgan fingerprint density at radius 3 is 2.48 bits per heavy atom. The van der Waals surface area contributed by atoms with Crippen LogP contribution in [0.5, 0.6) is 0 Å². The molecule has 1 aliphatic heterocycles. The third-order valence-electron chi connectivity index (χ3n) is 5.02. The summed E-state index contributed by atoms with van der Waals surface area (Å²) in [5.41, 5.74) is 2.26. The van der Waals surface area contributed by atoms with Crippen LogP contribution in [-0.2, 0) is 4.74 Å². The summed E-state index contributed by atoms with van der Waals surface area (Å²) in [6.45, 7) is 6.28. The lowest BCUT2D eigenvalue weighted by molar-refractivity contribution is 0.0391. The monoisotopic (exact) mass is 519 g/mol.